The summed E-state index contributed by atoms with van der Waals surface area (Å²) in [5.41, 5.74) is 2.02. The zero-order valence-electron chi connectivity index (χ0n) is 15.2. The van der Waals surface area contributed by atoms with Crippen molar-refractivity contribution in [1.29, 1.82) is 5.26 Å². The lowest BCUT2D eigenvalue weighted by molar-refractivity contribution is -0.0471. The van der Waals surface area contributed by atoms with Gasteiger partial charge in [0.05, 0.1) is 18.7 Å². The van der Waals surface area contributed by atoms with Crippen LogP contribution in [-0.4, -0.2) is 13.1 Å². The molecule has 2 aromatic carbocycles. The van der Waals surface area contributed by atoms with Gasteiger partial charge in [-0.25, -0.2) is 4.79 Å². The van der Waals surface area contributed by atoms with Crippen LogP contribution in [0.3, 0.4) is 0 Å². The molecule has 0 fully saturated rings. The number of hydrogen-bond donors (Lipinski definition) is 0. The van der Waals surface area contributed by atoms with E-state index >= 15 is 0 Å². The van der Waals surface area contributed by atoms with Gasteiger partial charge >= 0.3 is 11.8 Å². The predicted molar refractivity (Wildman–Crippen MR) is 103 cm³/mol. The van der Waals surface area contributed by atoms with Crippen molar-refractivity contribution in [2.45, 2.75) is 12.2 Å². The van der Waals surface area contributed by atoms with E-state index in [-0.39, 0.29) is 11.3 Å². The SMILES string of the molecule is COC(=O)c1cc(C#N)cc2c1OC(C1=CCC=CC=C1)(c1ccccc1)O2. The van der Waals surface area contributed by atoms with Gasteiger partial charge in [-0.3, -0.25) is 0 Å². The Balaban J connectivity index is 1.91. The number of nitriles is 1. The fraction of sp³-hybridized carbons (Fsp3) is 0.130. The Morgan fingerprint density at radius 1 is 1.18 bits per heavy atom. The zero-order chi connectivity index (χ0) is 19.6. The van der Waals surface area contributed by atoms with Crippen LogP contribution in [0.25, 0.3) is 0 Å². The van der Waals surface area contributed by atoms with Crippen LogP contribution in [0, 0.1) is 11.3 Å². The third kappa shape index (κ3) is 2.85. The molecule has 28 heavy (non-hydrogen) atoms. The highest BCUT2D eigenvalue weighted by molar-refractivity contribution is 5.94. The van der Waals surface area contributed by atoms with E-state index in [1.807, 2.05) is 60.7 Å². The average Bonchev–Trinajstić information content (AvgIpc) is 2.93. The van der Waals surface area contributed by atoms with Crippen LogP contribution in [-0.2, 0) is 10.5 Å². The molecule has 0 spiro atoms. The molecule has 1 unspecified atom stereocenters. The number of ether oxygens (including phenoxy) is 3. The van der Waals surface area contributed by atoms with Crippen molar-refractivity contribution in [3.63, 3.8) is 0 Å². The average molecular weight is 371 g/mol. The van der Waals surface area contributed by atoms with Crippen LogP contribution in [0.2, 0.25) is 0 Å². The van der Waals surface area contributed by atoms with Crippen molar-refractivity contribution in [2.75, 3.05) is 7.11 Å². The molecule has 2 aromatic rings. The summed E-state index contributed by atoms with van der Waals surface area (Å²) in [7, 11) is 1.29. The van der Waals surface area contributed by atoms with E-state index in [9.17, 15) is 10.1 Å². The molecule has 0 saturated carbocycles. The van der Waals surface area contributed by atoms with Crippen molar-refractivity contribution in [3.8, 4) is 17.6 Å². The highest BCUT2D eigenvalue weighted by Crippen LogP contribution is 2.50. The van der Waals surface area contributed by atoms with Crippen molar-refractivity contribution in [3.05, 3.63) is 95.1 Å². The fourth-order valence-electron chi connectivity index (χ4n) is 3.31. The molecule has 2 aliphatic rings. The van der Waals surface area contributed by atoms with Gasteiger partial charge in [-0.15, -0.1) is 0 Å². The van der Waals surface area contributed by atoms with E-state index in [2.05, 4.69) is 6.07 Å². The second-order valence-corrected chi connectivity index (χ2v) is 6.32. The van der Waals surface area contributed by atoms with Gasteiger partial charge in [0.15, 0.2) is 11.5 Å². The summed E-state index contributed by atoms with van der Waals surface area (Å²) in [6.45, 7) is 0. The number of allylic oxidation sites excluding steroid dienone is 4. The summed E-state index contributed by atoms with van der Waals surface area (Å²) in [5, 5.41) is 9.35. The monoisotopic (exact) mass is 371 g/mol. The lowest BCUT2D eigenvalue weighted by Crippen LogP contribution is -2.37. The summed E-state index contributed by atoms with van der Waals surface area (Å²) in [6.07, 6.45) is 10.6. The van der Waals surface area contributed by atoms with E-state index in [4.69, 9.17) is 14.2 Å². The normalized spacial score (nSPS) is 19.5. The smallest absolute Gasteiger partial charge is 0.341 e. The third-order valence-corrected chi connectivity index (χ3v) is 4.62. The van der Waals surface area contributed by atoms with Gasteiger partial charge in [-0.2, -0.15) is 5.26 Å². The molecule has 0 N–H and O–H groups in total. The topological polar surface area (TPSA) is 68.6 Å². The minimum atomic E-state index is -1.26. The van der Waals surface area contributed by atoms with Crippen LogP contribution in [0.4, 0.5) is 0 Å². The van der Waals surface area contributed by atoms with Crippen LogP contribution in [0.5, 0.6) is 11.5 Å². The number of esters is 1. The number of rotatable bonds is 3. The van der Waals surface area contributed by atoms with Gasteiger partial charge < -0.3 is 14.2 Å². The number of carbonyl (C=O) groups excluding carboxylic acids is 1. The molecule has 1 heterocycles. The number of carbonyl (C=O) groups is 1. The minimum Gasteiger partial charge on any atom is -0.465 e. The van der Waals surface area contributed by atoms with Crippen molar-refractivity contribution in [1.82, 2.24) is 0 Å². The summed E-state index contributed by atoms with van der Waals surface area (Å²) < 4.78 is 17.6. The number of nitrogens with zero attached hydrogens (tertiary/aromatic N) is 1. The third-order valence-electron chi connectivity index (χ3n) is 4.62. The quantitative estimate of drug-likeness (QED) is 0.748. The van der Waals surface area contributed by atoms with E-state index in [0.717, 1.165) is 11.1 Å². The lowest BCUT2D eigenvalue weighted by Gasteiger charge is -2.29. The highest BCUT2D eigenvalue weighted by atomic mass is 16.7. The van der Waals surface area contributed by atoms with E-state index in [1.54, 1.807) is 6.07 Å². The van der Waals surface area contributed by atoms with Crippen molar-refractivity contribution >= 4 is 5.97 Å². The summed E-state index contributed by atoms with van der Waals surface area (Å²) in [6, 6.07) is 14.6. The second-order valence-electron chi connectivity index (χ2n) is 6.32. The molecule has 4 rings (SSSR count). The molecule has 1 aliphatic carbocycles. The molecule has 0 amide bonds. The van der Waals surface area contributed by atoms with Gasteiger partial charge in [-0.05, 0) is 12.5 Å². The first kappa shape index (κ1) is 17.6. The molecule has 1 atom stereocenters. The van der Waals surface area contributed by atoms with Gasteiger partial charge in [0, 0.05) is 17.2 Å². The number of methoxy groups -OCH3 is 1. The summed E-state index contributed by atoms with van der Waals surface area (Å²) in [4.78, 5) is 12.3. The van der Waals surface area contributed by atoms with Crippen LogP contribution in [0.15, 0.2) is 78.4 Å². The first-order chi connectivity index (χ1) is 13.7. The Hall–Kier alpha value is -3.78. The minimum absolute atomic E-state index is 0.158. The maximum atomic E-state index is 12.3. The zero-order valence-corrected chi connectivity index (χ0v) is 15.2. The fourth-order valence-corrected chi connectivity index (χ4v) is 3.31. The Bertz CT molecular complexity index is 1060. The number of hydrogen-bond acceptors (Lipinski definition) is 5. The van der Waals surface area contributed by atoms with Crippen molar-refractivity contribution < 1.29 is 19.0 Å². The molecule has 5 nitrogen and oxygen atoms in total. The maximum Gasteiger partial charge on any atom is 0.341 e. The van der Waals surface area contributed by atoms with Gasteiger partial charge in [0.1, 0.15) is 5.56 Å². The van der Waals surface area contributed by atoms with Gasteiger partial charge in [-0.1, -0.05) is 60.7 Å². The molecule has 1 aliphatic heterocycles. The van der Waals surface area contributed by atoms with E-state index in [0.29, 0.717) is 17.7 Å². The van der Waals surface area contributed by atoms with Crippen molar-refractivity contribution in [2.24, 2.45) is 0 Å². The molecule has 0 saturated heterocycles. The Labute approximate surface area is 162 Å². The van der Waals surface area contributed by atoms with E-state index in [1.165, 1.54) is 13.2 Å². The maximum absolute atomic E-state index is 12.3. The second kappa shape index (κ2) is 7.09. The molecule has 5 heteroatoms. The standard InChI is InChI=1S/C23H17NO4/c1-26-22(25)19-13-16(15-24)14-20-21(19)28-23(27-20,18-11-7-4-8-12-18)17-9-5-2-3-6-10-17/h2-5,7-14H,6H2,1H3. The largest absolute Gasteiger partial charge is 0.465 e. The summed E-state index contributed by atoms with van der Waals surface area (Å²) in [5.74, 6) is -1.26. The lowest BCUT2D eigenvalue weighted by atomic mass is 9.96. The Kier molecular flexibility index (Phi) is 4.46. The Morgan fingerprint density at radius 3 is 2.75 bits per heavy atom. The Morgan fingerprint density at radius 2 is 2.00 bits per heavy atom. The highest BCUT2D eigenvalue weighted by Gasteiger charge is 2.48. The van der Waals surface area contributed by atoms with Gasteiger partial charge in [0.2, 0.25) is 0 Å². The molecule has 0 aromatic heterocycles. The molecular formula is C23H17NO4. The molecule has 0 bridgehead atoms. The molecule has 138 valence electrons. The van der Waals surface area contributed by atoms with Crippen LogP contribution < -0.4 is 9.47 Å². The van der Waals surface area contributed by atoms with Gasteiger partial charge in [0.25, 0.3) is 0 Å². The first-order valence-electron chi connectivity index (χ1n) is 8.82. The summed E-state index contributed by atoms with van der Waals surface area (Å²) >= 11 is 0. The first-order valence-corrected chi connectivity index (χ1v) is 8.82. The number of fused-ring (bicyclic) bond motifs is 1. The van der Waals surface area contributed by atoms with E-state index < -0.39 is 11.8 Å². The number of benzene rings is 2. The van der Waals surface area contributed by atoms with Crippen LogP contribution >= 0.6 is 0 Å². The predicted octanol–water partition coefficient (Wildman–Crippen LogP) is 4.41. The van der Waals surface area contributed by atoms with Crippen LogP contribution in [0.1, 0.15) is 27.9 Å². The molecule has 0 radical (unpaired) electrons. The molecular weight excluding hydrogens is 354 g/mol.